The Morgan fingerprint density at radius 2 is 0.535 bits per heavy atom. The number of allylic oxidation sites excluding steroid dienone is 8. The molecule has 0 aromatic rings. The largest absolute Gasteiger partial charge is 0.462 e. The summed E-state index contributed by atoms with van der Waals surface area (Å²) in [4.78, 5) is 38.2. The second-order valence-corrected chi connectivity index (χ2v) is 21.0. The van der Waals surface area contributed by atoms with Gasteiger partial charge in [0.1, 0.15) is 13.2 Å². The molecule has 71 heavy (non-hydrogen) atoms. The van der Waals surface area contributed by atoms with Crippen molar-refractivity contribution in [2.75, 3.05) is 13.2 Å². The van der Waals surface area contributed by atoms with Gasteiger partial charge in [0, 0.05) is 19.3 Å². The van der Waals surface area contributed by atoms with Crippen LogP contribution in [0.4, 0.5) is 0 Å². The summed E-state index contributed by atoms with van der Waals surface area (Å²) in [5.41, 5.74) is 0. The van der Waals surface area contributed by atoms with E-state index in [1.54, 1.807) is 0 Å². The third-order valence-corrected chi connectivity index (χ3v) is 13.8. The maximum atomic E-state index is 12.9. The first-order chi connectivity index (χ1) is 35.0. The molecule has 0 heterocycles. The Labute approximate surface area is 441 Å². The lowest BCUT2D eigenvalue weighted by atomic mass is 10.0. The minimum absolute atomic E-state index is 0.0781. The van der Waals surface area contributed by atoms with Crippen LogP contribution in [0.5, 0.6) is 0 Å². The zero-order chi connectivity index (χ0) is 51.4. The van der Waals surface area contributed by atoms with E-state index in [0.29, 0.717) is 19.3 Å². The van der Waals surface area contributed by atoms with Crippen molar-refractivity contribution < 1.29 is 28.6 Å². The van der Waals surface area contributed by atoms with Crippen LogP contribution in [0.3, 0.4) is 0 Å². The molecule has 1 atom stereocenters. The van der Waals surface area contributed by atoms with Crippen LogP contribution in [-0.4, -0.2) is 37.2 Å². The van der Waals surface area contributed by atoms with Crippen molar-refractivity contribution in [3.8, 4) is 0 Å². The molecule has 0 aliphatic rings. The first-order valence-corrected chi connectivity index (χ1v) is 31.1. The van der Waals surface area contributed by atoms with E-state index in [1.165, 1.54) is 193 Å². The van der Waals surface area contributed by atoms with E-state index in [9.17, 15) is 14.4 Å². The highest BCUT2D eigenvalue weighted by atomic mass is 16.6. The van der Waals surface area contributed by atoms with E-state index in [1.807, 2.05) is 0 Å². The van der Waals surface area contributed by atoms with Crippen molar-refractivity contribution in [3.63, 3.8) is 0 Å². The predicted octanol–water partition coefficient (Wildman–Crippen LogP) is 21.0. The lowest BCUT2D eigenvalue weighted by Gasteiger charge is -2.18. The van der Waals surface area contributed by atoms with Crippen molar-refractivity contribution in [2.45, 2.75) is 335 Å². The molecule has 0 aliphatic heterocycles. The quantitative estimate of drug-likeness (QED) is 0.0261. The number of rotatable bonds is 57. The number of hydrogen-bond acceptors (Lipinski definition) is 6. The van der Waals surface area contributed by atoms with Gasteiger partial charge in [-0.2, -0.15) is 0 Å². The normalized spacial score (nSPS) is 12.3. The average Bonchev–Trinajstić information content (AvgIpc) is 3.37. The number of carbonyl (C=O) groups excluding carboxylic acids is 3. The topological polar surface area (TPSA) is 78.9 Å². The number of carbonyl (C=O) groups is 3. The van der Waals surface area contributed by atoms with Crippen molar-refractivity contribution >= 4 is 17.9 Å². The molecule has 0 N–H and O–H groups in total. The van der Waals surface area contributed by atoms with E-state index in [2.05, 4.69) is 69.4 Å². The zero-order valence-electron chi connectivity index (χ0n) is 47.5. The first kappa shape index (κ1) is 68.4. The molecule has 0 spiro atoms. The van der Waals surface area contributed by atoms with Crippen LogP contribution < -0.4 is 0 Å². The van der Waals surface area contributed by atoms with Crippen LogP contribution in [0, 0.1) is 0 Å². The molecule has 0 amide bonds. The molecule has 0 aromatic heterocycles. The second-order valence-electron chi connectivity index (χ2n) is 21.0. The van der Waals surface area contributed by atoms with Gasteiger partial charge in [-0.05, 0) is 77.0 Å². The third-order valence-electron chi connectivity index (χ3n) is 13.8. The highest BCUT2D eigenvalue weighted by Crippen LogP contribution is 2.17. The Hall–Kier alpha value is -2.63. The minimum atomic E-state index is -0.781. The van der Waals surface area contributed by atoms with Gasteiger partial charge in [0.25, 0.3) is 0 Å². The van der Waals surface area contributed by atoms with Gasteiger partial charge in [0.05, 0.1) is 0 Å². The number of esters is 3. The van der Waals surface area contributed by atoms with Crippen molar-refractivity contribution in [1.29, 1.82) is 0 Å². The van der Waals surface area contributed by atoms with Crippen LogP contribution in [0.2, 0.25) is 0 Å². The number of ether oxygens (including phenoxy) is 3. The van der Waals surface area contributed by atoms with Crippen molar-refractivity contribution in [1.82, 2.24) is 0 Å². The van der Waals surface area contributed by atoms with Gasteiger partial charge in [0.2, 0.25) is 0 Å². The van der Waals surface area contributed by atoms with Crippen molar-refractivity contribution in [3.05, 3.63) is 48.6 Å². The van der Waals surface area contributed by atoms with Crippen LogP contribution in [0.15, 0.2) is 48.6 Å². The summed E-state index contributed by atoms with van der Waals surface area (Å²) in [5.74, 6) is -0.885. The lowest BCUT2D eigenvalue weighted by molar-refractivity contribution is -0.167. The van der Waals surface area contributed by atoms with Crippen LogP contribution in [-0.2, 0) is 28.6 Å². The predicted molar refractivity (Wildman–Crippen MR) is 307 cm³/mol. The molecule has 0 aromatic carbocycles. The Morgan fingerprint density at radius 1 is 0.282 bits per heavy atom. The molecule has 0 radical (unpaired) electrons. The standard InChI is InChI=1S/C65H118O6/c1-4-7-10-13-16-19-22-24-26-28-30-32-34-35-37-39-41-43-46-49-52-55-58-64(67)70-61-62(60-69-63(66)57-54-51-48-45-21-18-15-12-9-6-3)71-65(68)59-56-53-50-47-44-42-40-38-36-33-31-29-27-25-23-20-17-14-11-8-5-2/h12,15,23,25,29,31,36,38,62H,4-11,13-14,16-22,24,26-28,30,32-35,37,39-61H2,1-3H3/b15-12-,25-23-,31-29-,38-36-. The van der Waals surface area contributed by atoms with Crippen LogP contribution in [0.25, 0.3) is 0 Å². The lowest BCUT2D eigenvalue weighted by Crippen LogP contribution is -2.30. The van der Waals surface area contributed by atoms with Gasteiger partial charge >= 0.3 is 17.9 Å². The molecule has 0 rings (SSSR count). The zero-order valence-corrected chi connectivity index (χ0v) is 47.5. The summed E-state index contributed by atoms with van der Waals surface area (Å²) in [6, 6.07) is 0. The van der Waals surface area contributed by atoms with E-state index in [4.69, 9.17) is 14.2 Å². The van der Waals surface area contributed by atoms with E-state index in [0.717, 1.165) is 96.3 Å². The smallest absolute Gasteiger partial charge is 0.306 e. The fourth-order valence-electron chi connectivity index (χ4n) is 9.10. The fraction of sp³-hybridized carbons (Fsp3) is 0.831. The molecule has 6 nitrogen and oxygen atoms in total. The highest BCUT2D eigenvalue weighted by molar-refractivity contribution is 5.71. The van der Waals surface area contributed by atoms with Gasteiger partial charge in [-0.25, -0.2) is 0 Å². The third kappa shape index (κ3) is 58.1. The van der Waals surface area contributed by atoms with E-state index >= 15 is 0 Å². The molecule has 0 fully saturated rings. The van der Waals surface area contributed by atoms with Gasteiger partial charge in [-0.3, -0.25) is 14.4 Å². The molecule has 0 saturated heterocycles. The Morgan fingerprint density at radius 3 is 0.859 bits per heavy atom. The molecule has 0 bridgehead atoms. The summed E-state index contributed by atoms with van der Waals surface area (Å²) < 4.78 is 16.9. The maximum Gasteiger partial charge on any atom is 0.306 e. The fourth-order valence-corrected chi connectivity index (χ4v) is 9.10. The Bertz CT molecular complexity index is 1230. The molecule has 0 aliphatic carbocycles. The van der Waals surface area contributed by atoms with Gasteiger partial charge in [0.15, 0.2) is 6.10 Å². The Balaban J connectivity index is 4.26. The number of hydrogen-bond donors (Lipinski definition) is 0. The van der Waals surface area contributed by atoms with Crippen molar-refractivity contribution in [2.24, 2.45) is 0 Å². The van der Waals surface area contributed by atoms with E-state index in [-0.39, 0.29) is 31.1 Å². The summed E-state index contributed by atoms with van der Waals surface area (Å²) in [6.45, 7) is 6.59. The van der Waals surface area contributed by atoms with Crippen LogP contribution in [0.1, 0.15) is 329 Å². The van der Waals surface area contributed by atoms with Gasteiger partial charge < -0.3 is 14.2 Å². The SMILES string of the molecule is CCC/C=C\CCCCCCCC(=O)OCC(COC(=O)CCCCCCCCCCCCCCCCCCCCCCCC)OC(=O)CCCCCCCC/C=C\C/C=C\C/C=C\CCCCCCC. The first-order valence-electron chi connectivity index (χ1n) is 31.1. The molecule has 0 saturated carbocycles. The molecule has 1 unspecified atom stereocenters. The van der Waals surface area contributed by atoms with Gasteiger partial charge in [-0.1, -0.05) is 281 Å². The summed E-state index contributed by atoms with van der Waals surface area (Å²) >= 11 is 0. The Kier molecular flexibility index (Phi) is 57.7. The second kappa shape index (κ2) is 59.9. The average molecular weight is 996 g/mol. The summed E-state index contributed by atoms with van der Waals surface area (Å²) in [5, 5.41) is 0. The molecular weight excluding hydrogens is 877 g/mol. The van der Waals surface area contributed by atoms with E-state index < -0.39 is 6.10 Å². The molecule has 414 valence electrons. The highest BCUT2D eigenvalue weighted by Gasteiger charge is 2.19. The van der Waals surface area contributed by atoms with Gasteiger partial charge in [-0.15, -0.1) is 0 Å². The maximum absolute atomic E-state index is 12.9. The monoisotopic (exact) mass is 995 g/mol. The molecule has 6 heteroatoms. The molecular formula is C65H118O6. The number of unbranched alkanes of at least 4 members (excludes halogenated alkanes) is 38. The minimum Gasteiger partial charge on any atom is -0.462 e. The summed E-state index contributed by atoms with van der Waals surface area (Å²) in [6.07, 6.45) is 74.1. The van der Waals surface area contributed by atoms with Crippen LogP contribution >= 0.6 is 0 Å². The summed E-state index contributed by atoms with van der Waals surface area (Å²) in [7, 11) is 0.